The average Bonchev–Trinajstić information content (AvgIpc) is 2.53. The predicted octanol–water partition coefficient (Wildman–Crippen LogP) is 3.79. The summed E-state index contributed by atoms with van der Waals surface area (Å²) in [6.07, 6.45) is 1.39. The number of nitrogens with zero attached hydrogens (tertiary/aromatic N) is 2. The summed E-state index contributed by atoms with van der Waals surface area (Å²) in [4.78, 5) is 6.63. The molecule has 0 unspecified atom stereocenters. The van der Waals surface area contributed by atoms with E-state index in [1.54, 1.807) is 18.2 Å². The average molecular weight is 347 g/mol. The molecule has 0 aliphatic carbocycles. The van der Waals surface area contributed by atoms with Gasteiger partial charge in [0.2, 0.25) is 9.84 Å². The Hall–Kier alpha value is -2.11. The molecule has 6 heteroatoms. The molecule has 0 radical (unpaired) electrons. The van der Waals surface area contributed by atoms with Crippen molar-refractivity contribution in [3.05, 3.63) is 59.8 Å². The molecule has 0 atom stereocenters. The summed E-state index contributed by atoms with van der Waals surface area (Å²) < 4.78 is 25.5. The van der Waals surface area contributed by atoms with Crippen molar-refractivity contribution >= 4 is 38.0 Å². The van der Waals surface area contributed by atoms with Crippen LogP contribution < -0.4 is 4.90 Å². The zero-order chi connectivity index (χ0) is 16.6. The van der Waals surface area contributed by atoms with Gasteiger partial charge in [0.1, 0.15) is 0 Å². The molecular weight excluding hydrogens is 332 g/mol. The number of benzene rings is 2. The topological polar surface area (TPSA) is 50.3 Å². The maximum Gasteiger partial charge on any atom is 0.208 e. The largest absolute Gasteiger partial charge is 0.376 e. The molecule has 0 aliphatic heterocycles. The first-order valence-electron chi connectivity index (χ1n) is 6.96. The van der Waals surface area contributed by atoms with E-state index >= 15 is 0 Å². The molecule has 3 aromatic rings. The van der Waals surface area contributed by atoms with Gasteiger partial charge in [-0.3, -0.25) is 4.98 Å². The predicted molar refractivity (Wildman–Crippen MR) is 93.0 cm³/mol. The van der Waals surface area contributed by atoms with Gasteiger partial charge in [0.05, 0.1) is 21.0 Å². The number of halogens is 1. The standard InChI is InChI=1S/C17H15ClN2O2S/c1-20(2)16-8-3-5-12-9-15(11-19-17(12)16)23(21,22)14-7-4-6-13(18)10-14/h3-11H,1-2H3. The fourth-order valence-electron chi connectivity index (χ4n) is 2.40. The summed E-state index contributed by atoms with van der Waals surface area (Å²) in [6.45, 7) is 0. The number of aromatic nitrogens is 1. The molecule has 1 heterocycles. The summed E-state index contributed by atoms with van der Waals surface area (Å²) in [7, 11) is 0.201. The highest BCUT2D eigenvalue weighted by Gasteiger charge is 2.19. The molecule has 118 valence electrons. The van der Waals surface area contributed by atoms with Crippen LogP contribution in [0.1, 0.15) is 0 Å². The van der Waals surface area contributed by atoms with Crippen molar-refractivity contribution in [3.8, 4) is 0 Å². The highest BCUT2D eigenvalue weighted by Crippen LogP contribution is 2.28. The third-order valence-electron chi connectivity index (χ3n) is 3.56. The number of rotatable bonds is 3. The minimum atomic E-state index is -3.65. The lowest BCUT2D eigenvalue weighted by atomic mass is 10.2. The van der Waals surface area contributed by atoms with Crippen LogP contribution >= 0.6 is 11.6 Å². The first-order chi connectivity index (χ1) is 10.9. The molecule has 4 nitrogen and oxygen atoms in total. The van der Waals surface area contributed by atoms with Gasteiger partial charge in [-0.15, -0.1) is 0 Å². The van der Waals surface area contributed by atoms with Gasteiger partial charge in [-0.05, 0) is 30.3 Å². The lowest BCUT2D eigenvalue weighted by Gasteiger charge is -2.15. The molecule has 0 spiro atoms. The Morgan fingerprint density at radius 1 is 1.00 bits per heavy atom. The Morgan fingerprint density at radius 2 is 1.74 bits per heavy atom. The van der Waals surface area contributed by atoms with Gasteiger partial charge in [0, 0.05) is 30.7 Å². The third-order valence-corrected chi connectivity index (χ3v) is 5.52. The number of hydrogen-bond acceptors (Lipinski definition) is 4. The maximum absolute atomic E-state index is 12.7. The molecule has 0 aliphatic rings. The molecule has 0 amide bonds. The van der Waals surface area contributed by atoms with Crippen LogP contribution in [0.15, 0.2) is 64.5 Å². The zero-order valence-electron chi connectivity index (χ0n) is 12.7. The van der Waals surface area contributed by atoms with E-state index in [1.807, 2.05) is 37.2 Å². The van der Waals surface area contributed by atoms with E-state index in [-0.39, 0.29) is 9.79 Å². The van der Waals surface area contributed by atoms with Gasteiger partial charge >= 0.3 is 0 Å². The van der Waals surface area contributed by atoms with Crippen LogP contribution in [0.5, 0.6) is 0 Å². The molecule has 0 N–H and O–H groups in total. The second-order valence-corrected chi connectivity index (χ2v) is 7.76. The Bertz CT molecular complexity index is 985. The first kappa shape index (κ1) is 15.8. The van der Waals surface area contributed by atoms with E-state index in [0.717, 1.165) is 16.6 Å². The Kier molecular flexibility index (Phi) is 4.00. The van der Waals surface area contributed by atoms with E-state index in [4.69, 9.17) is 11.6 Å². The van der Waals surface area contributed by atoms with Crippen molar-refractivity contribution in [1.82, 2.24) is 4.98 Å². The third kappa shape index (κ3) is 2.90. The summed E-state index contributed by atoms with van der Waals surface area (Å²) in [6, 6.07) is 13.6. The van der Waals surface area contributed by atoms with Crippen LogP contribution in [0.3, 0.4) is 0 Å². The molecule has 0 bridgehead atoms. The lowest BCUT2D eigenvalue weighted by molar-refractivity contribution is 0.596. The second kappa shape index (κ2) is 5.83. The van der Waals surface area contributed by atoms with Crippen LogP contribution in [0, 0.1) is 0 Å². The number of hydrogen-bond donors (Lipinski definition) is 0. The SMILES string of the molecule is CN(C)c1cccc2cc(S(=O)(=O)c3cccc(Cl)c3)cnc12. The number of fused-ring (bicyclic) bond motifs is 1. The zero-order valence-corrected chi connectivity index (χ0v) is 14.3. The van der Waals surface area contributed by atoms with Crippen molar-refractivity contribution in [1.29, 1.82) is 0 Å². The van der Waals surface area contributed by atoms with Crippen LogP contribution in [-0.4, -0.2) is 27.5 Å². The van der Waals surface area contributed by atoms with Crippen LogP contribution in [0.2, 0.25) is 5.02 Å². The molecule has 3 rings (SSSR count). The fraction of sp³-hybridized carbons (Fsp3) is 0.118. The number of anilines is 1. The van der Waals surface area contributed by atoms with Crippen molar-refractivity contribution in [2.45, 2.75) is 9.79 Å². The highest BCUT2D eigenvalue weighted by atomic mass is 35.5. The highest BCUT2D eigenvalue weighted by molar-refractivity contribution is 7.91. The van der Waals surface area contributed by atoms with E-state index in [0.29, 0.717) is 5.02 Å². The fourth-order valence-corrected chi connectivity index (χ4v) is 3.94. The van der Waals surface area contributed by atoms with Crippen molar-refractivity contribution < 1.29 is 8.42 Å². The van der Waals surface area contributed by atoms with Gasteiger partial charge in [-0.1, -0.05) is 29.8 Å². The monoisotopic (exact) mass is 346 g/mol. The molecule has 0 saturated carbocycles. The maximum atomic E-state index is 12.7. The van der Waals surface area contributed by atoms with Crippen molar-refractivity contribution in [3.63, 3.8) is 0 Å². The van der Waals surface area contributed by atoms with Gasteiger partial charge in [0.15, 0.2) is 0 Å². The summed E-state index contributed by atoms with van der Waals surface area (Å²) >= 11 is 5.90. The molecule has 1 aromatic heterocycles. The van der Waals surface area contributed by atoms with E-state index in [9.17, 15) is 8.42 Å². The molecule has 2 aromatic carbocycles. The molecule has 0 saturated heterocycles. The minimum absolute atomic E-state index is 0.156. The van der Waals surface area contributed by atoms with Gasteiger partial charge in [0.25, 0.3) is 0 Å². The number of sulfone groups is 1. The van der Waals surface area contributed by atoms with Gasteiger partial charge in [-0.25, -0.2) is 8.42 Å². The van der Waals surface area contributed by atoms with Gasteiger partial charge in [-0.2, -0.15) is 0 Å². The first-order valence-corrected chi connectivity index (χ1v) is 8.82. The summed E-state index contributed by atoms with van der Waals surface area (Å²) in [5.74, 6) is 0. The smallest absolute Gasteiger partial charge is 0.208 e. The summed E-state index contributed by atoms with van der Waals surface area (Å²) in [5, 5.41) is 1.16. The van der Waals surface area contributed by atoms with Crippen LogP contribution in [-0.2, 0) is 9.84 Å². The second-order valence-electron chi connectivity index (χ2n) is 5.38. The van der Waals surface area contributed by atoms with E-state index in [1.165, 1.54) is 18.3 Å². The number of pyridine rings is 1. The van der Waals surface area contributed by atoms with Crippen molar-refractivity contribution in [2.75, 3.05) is 19.0 Å². The van der Waals surface area contributed by atoms with Crippen LogP contribution in [0.25, 0.3) is 10.9 Å². The number of para-hydroxylation sites is 1. The quantitative estimate of drug-likeness (QED) is 0.724. The van der Waals surface area contributed by atoms with Crippen LogP contribution in [0.4, 0.5) is 5.69 Å². The molecular formula is C17H15ClN2O2S. The van der Waals surface area contributed by atoms with E-state index < -0.39 is 9.84 Å². The van der Waals surface area contributed by atoms with Gasteiger partial charge < -0.3 is 4.90 Å². The Balaban J connectivity index is 2.18. The minimum Gasteiger partial charge on any atom is -0.376 e. The van der Waals surface area contributed by atoms with Crippen molar-refractivity contribution in [2.24, 2.45) is 0 Å². The lowest BCUT2D eigenvalue weighted by Crippen LogP contribution is -2.10. The normalized spacial score (nSPS) is 11.6. The Morgan fingerprint density at radius 3 is 2.43 bits per heavy atom. The molecule has 0 fully saturated rings. The molecule has 23 heavy (non-hydrogen) atoms. The summed E-state index contributed by atoms with van der Waals surface area (Å²) in [5.41, 5.74) is 1.71. The Labute approximate surface area is 140 Å². The van der Waals surface area contributed by atoms with E-state index in [2.05, 4.69) is 4.98 Å².